The summed E-state index contributed by atoms with van der Waals surface area (Å²) in [7, 11) is -3.32. The monoisotopic (exact) mass is 329 g/mol. The van der Waals surface area contributed by atoms with Crippen LogP contribution in [0.3, 0.4) is 0 Å². The topological polar surface area (TPSA) is 46.6 Å². The van der Waals surface area contributed by atoms with Crippen LogP contribution in [0, 0.1) is 5.82 Å². The summed E-state index contributed by atoms with van der Waals surface area (Å²) in [5.74, 6) is -0.157. The van der Waals surface area contributed by atoms with Crippen LogP contribution >= 0.6 is 0 Å². The van der Waals surface area contributed by atoms with Gasteiger partial charge in [0, 0.05) is 6.54 Å². The highest BCUT2D eigenvalue weighted by Crippen LogP contribution is 2.32. The minimum atomic E-state index is -3.32. The van der Waals surface area contributed by atoms with Gasteiger partial charge in [0.25, 0.3) is 0 Å². The SMILES string of the molecule is CCCCS(=O)(=O)N1CC(c2ccc(F)cc2)OCC1(C)C. The lowest BCUT2D eigenvalue weighted by Crippen LogP contribution is -2.56. The number of hydrogen-bond donors (Lipinski definition) is 0. The van der Waals surface area contributed by atoms with E-state index < -0.39 is 15.6 Å². The van der Waals surface area contributed by atoms with Crippen molar-refractivity contribution in [2.24, 2.45) is 0 Å². The maximum absolute atomic E-state index is 13.0. The molecule has 0 aromatic heterocycles. The van der Waals surface area contributed by atoms with E-state index in [4.69, 9.17) is 4.74 Å². The van der Waals surface area contributed by atoms with Crippen molar-refractivity contribution in [3.63, 3.8) is 0 Å². The molecule has 1 fully saturated rings. The van der Waals surface area contributed by atoms with E-state index in [1.54, 1.807) is 16.4 Å². The molecule has 1 saturated heterocycles. The standard InChI is InChI=1S/C16H24FNO3S/c1-4-5-10-22(19,20)18-11-15(21-12-16(18,2)3)13-6-8-14(17)9-7-13/h6-9,15H,4-5,10-12H2,1-3H3. The van der Waals surface area contributed by atoms with Gasteiger partial charge in [0.05, 0.1) is 24.0 Å². The minimum absolute atomic E-state index is 0.156. The van der Waals surface area contributed by atoms with Gasteiger partial charge in [0.1, 0.15) is 5.82 Å². The van der Waals surface area contributed by atoms with Crippen LogP contribution in [0.2, 0.25) is 0 Å². The molecule has 0 N–H and O–H groups in total. The van der Waals surface area contributed by atoms with Gasteiger partial charge < -0.3 is 4.74 Å². The van der Waals surface area contributed by atoms with Gasteiger partial charge in [-0.3, -0.25) is 0 Å². The Bertz CT molecular complexity index is 598. The first-order valence-corrected chi connectivity index (χ1v) is 9.25. The van der Waals surface area contributed by atoms with E-state index in [0.717, 1.165) is 12.0 Å². The molecule has 1 heterocycles. The van der Waals surface area contributed by atoms with E-state index in [9.17, 15) is 12.8 Å². The van der Waals surface area contributed by atoms with Gasteiger partial charge in [-0.05, 0) is 38.0 Å². The van der Waals surface area contributed by atoms with Crippen molar-refractivity contribution in [2.75, 3.05) is 18.9 Å². The molecule has 1 aliphatic rings. The summed E-state index contributed by atoms with van der Waals surface area (Å²) in [6, 6.07) is 6.03. The minimum Gasteiger partial charge on any atom is -0.370 e. The molecular weight excluding hydrogens is 305 g/mol. The van der Waals surface area contributed by atoms with Gasteiger partial charge in [-0.2, -0.15) is 4.31 Å². The summed E-state index contributed by atoms with van der Waals surface area (Å²) in [5, 5.41) is 0. The Morgan fingerprint density at radius 1 is 1.32 bits per heavy atom. The van der Waals surface area contributed by atoms with E-state index >= 15 is 0 Å². The predicted molar refractivity (Wildman–Crippen MR) is 84.6 cm³/mol. The molecule has 124 valence electrons. The number of halogens is 1. The van der Waals surface area contributed by atoms with Crippen molar-refractivity contribution in [2.45, 2.75) is 45.3 Å². The van der Waals surface area contributed by atoms with Gasteiger partial charge in [-0.25, -0.2) is 12.8 Å². The zero-order valence-electron chi connectivity index (χ0n) is 13.4. The fourth-order valence-corrected chi connectivity index (χ4v) is 4.68. The smallest absolute Gasteiger partial charge is 0.214 e. The van der Waals surface area contributed by atoms with Gasteiger partial charge in [0.15, 0.2) is 0 Å². The number of ether oxygens (including phenoxy) is 1. The highest BCUT2D eigenvalue weighted by Gasteiger charge is 2.42. The molecular formula is C16H24FNO3S. The lowest BCUT2D eigenvalue weighted by molar-refractivity contribution is -0.0655. The molecule has 1 unspecified atom stereocenters. The van der Waals surface area contributed by atoms with Crippen LogP contribution < -0.4 is 0 Å². The summed E-state index contributed by atoms with van der Waals surface area (Å²) in [6.45, 7) is 6.31. The first-order valence-electron chi connectivity index (χ1n) is 7.64. The molecule has 1 aromatic carbocycles. The maximum Gasteiger partial charge on any atom is 0.214 e. The number of hydrogen-bond acceptors (Lipinski definition) is 3. The Kier molecular flexibility index (Phi) is 5.25. The Hall–Kier alpha value is -0.980. The number of unbranched alkanes of at least 4 members (excludes halogenated alkanes) is 1. The molecule has 1 aromatic rings. The zero-order valence-corrected chi connectivity index (χ0v) is 14.2. The molecule has 0 bridgehead atoms. The molecule has 2 rings (SSSR count). The number of rotatable bonds is 5. The van der Waals surface area contributed by atoms with Crippen molar-refractivity contribution in [1.29, 1.82) is 0 Å². The molecule has 1 aliphatic heterocycles. The highest BCUT2D eigenvalue weighted by molar-refractivity contribution is 7.89. The Labute approximate surface area is 132 Å². The first-order chi connectivity index (χ1) is 10.3. The number of benzene rings is 1. The normalized spacial score (nSPS) is 22.6. The second-order valence-corrected chi connectivity index (χ2v) is 8.38. The maximum atomic E-state index is 13.0. The van der Waals surface area contributed by atoms with E-state index in [1.807, 2.05) is 20.8 Å². The van der Waals surface area contributed by atoms with Gasteiger partial charge >= 0.3 is 0 Å². The largest absolute Gasteiger partial charge is 0.370 e. The van der Waals surface area contributed by atoms with Crippen molar-refractivity contribution in [3.8, 4) is 0 Å². The molecule has 4 nitrogen and oxygen atoms in total. The Morgan fingerprint density at radius 2 is 1.95 bits per heavy atom. The molecule has 22 heavy (non-hydrogen) atoms. The molecule has 0 amide bonds. The van der Waals surface area contributed by atoms with Gasteiger partial charge in [0.2, 0.25) is 10.0 Å². The van der Waals surface area contributed by atoms with Crippen LogP contribution in [0.1, 0.15) is 45.3 Å². The van der Waals surface area contributed by atoms with Crippen LogP contribution in [-0.4, -0.2) is 37.2 Å². The van der Waals surface area contributed by atoms with Gasteiger partial charge in [-0.15, -0.1) is 0 Å². The molecule has 0 aliphatic carbocycles. The summed E-state index contributed by atoms with van der Waals surface area (Å²) >= 11 is 0. The van der Waals surface area contributed by atoms with Crippen LogP contribution in [0.4, 0.5) is 4.39 Å². The fraction of sp³-hybridized carbons (Fsp3) is 0.625. The summed E-state index contributed by atoms with van der Waals surface area (Å²) in [6.07, 6.45) is 1.13. The molecule has 1 atom stereocenters. The summed E-state index contributed by atoms with van der Waals surface area (Å²) in [5.41, 5.74) is 0.232. The lowest BCUT2D eigenvalue weighted by atomic mass is 10.0. The number of nitrogens with zero attached hydrogens (tertiary/aromatic N) is 1. The fourth-order valence-electron chi connectivity index (χ4n) is 2.63. The average Bonchev–Trinajstić information content (AvgIpc) is 2.46. The third-order valence-corrected chi connectivity index (χ3v) is 6.10. The van der Waals surface area contributed by atoms with Crippen LogP contribution in [0.25, 0.3) is 0 Å². The van der Waals surface area contributed by atoms with Crippen LogP contribution in [0.5, 0.6) is 0 Å². The van der Waals surface area contributed by atoms with Crippen molar-refractivity contribution in [1.82, 2.24) is 4.31 Å². The predicted octanol–water partition coefficient (Wildman–Crippen LogP) is 3.11. The summed E-state index contributed by atoms with van der Waals surface area (Å²) < 4.78 is 45.6. The number of sulfonamides is 1. The molecule has 0 radical (unpaired) electrons. The quantitative estimate of drug-likeness (QED) is 0.834. The Morgan fingerprint density at radius 3 is 2.55 bits per heavy atom. The molecule has 0 saturated carbocycles. The highest BCUT2D eigenvalue weighted by atomic mass is 32.2. The van der Waals surface area contributed by atoms with Crippen molar-refractivity contribution < 1.29 is 17.5 Å². The van der Waals surface area contributed by atoms with Crippen molar-refractivity contribution >= 4 is 10.0 Å². The lowest BCUT2D eigenvalue weighted by Gasteiger charge is -2.44. The van der Waals surface area contributed by atoms with E-state index in [1.165, 1.54) is 12.1 Å². The molecule has 0 spiro atoms. The first kappa shape index (κ1) is 17.4. The second-order valence-electron chi connectivity index (χ2n) is 6.36. The van der Waals surface area contributed by atoms with E-state index in [-0.39, 0.29) is 24.2 Å². The van der Waals surface area contributed by atoms with Gasteiger partial charge in [-0.1, -0.05) is 25.5 Å². The third-order valence-electron chi connectivity index (χ3n) is 3.98. The summed E-state index contributed by atoms with van der Waals surface area (Å²) in [4.78, 5) is 0. The third kappa shape index (κ3) is 3.86. The van der Waals surface area contributed by atoms with E-state index in [2.05, 4.69) is 0 Å². The van der Waals surface area contributed by atoms with E-state index in [0.29, 0.717) is 13.0 Å². The number of morpholine rings is 1. The second kappa shape index (κ2) is 6.64. The molecule has 6 heteroatoms. The van der Waals surface area contributed by atoms with Crippen molar-refractivity contribution in [3.05, 3.63) is 35.6 Å². The van der Waals surface area contributed by atoms with Crippen LogP contribution in [-0.2, 0) is 14.8 Å². The van der Waals surface area contributed by atoms with Crippen LogP contribution in [0.15, 0.2) is 24.3 Å². The average molecular weight is 329 g/mol. The Balaban J connectivity index is 2.22. The zero-order chi connectivity index (χ0) is 16.4.